The van der Waals surface area contributed by atoms with Crippen LogP contribution in [-0.4, -0.2) is 50.0 Å². The summed E-state index contributed by atoms with van der Waals surface area (Å²) in [5.74, 6) is -0.504. The van der Waals surface area contributed by atoms with Gasteiger partial charge in [-0.2, -0.15) is 0 Å². The number of rotatable bonds is 11. The molecule has 0 aliphatic carbocycles. The van der Waals surface area contributed by atoms with Crippen LogP contribution in [-0.2, 0) is 26.2 Å². The highest BCUT2D eigenvalue weighted by molar-refractivity contribution is 7.92. The largest absolute Gasteiger partial charge is 0.352 e. The number of carbonyl (C=O) groups excluding carboxylic acids is 2. The van der Waals surface area contributed by atoms with Crippen LogP contribution < -0.4 is 9.62 Å². The molecule has 180 valence electrons. The summed E-state index contributed by atoms with van der Waals surface area (Å²) in [5, 5.41) is 3.35. The molecule has 2 aromatic rings. The molecule has 1 N–H and O–H groups in total. The van der Waals surface area contributed by atoms with Gasteiger partial charge in [0.2, 0.25) is 21.8 Å². The van der Waals surface area contributed by atoms with Crippen molar-refractivity contribution in [2.24, 2.45) is 0 Å². The lowest BCUT2D eigenvalue weighted by atomic mass is 10.1. The van der Waals surface area contributed by atoms with E-state index in [0.29, 0.717) is 17.1 Å². The van der Waals surface area contributed by atoms with Gasteiger partial charge in [0.25, 0.3) is 0 Å². The monoisotopic (exact) mass is 493 g/mol. The van der Waals surface area contributed by atoms with E-state index in [2.05, 4.69) is 5.32 Å². The standard InChI is InChI=1S/C24H32ClN3O4S/c1-18(2)26-24(30)19(3)27(17-20-11-8-9-14-22(20)25)23(29)15-10-16-28(33(4,31)32)21-12-6-5-7-13-21/h5-9,11-14,18-19H,10,15-17H2,1-4H3,(H,26,30)/t19-/m1/s1. The first-order valence-electron chi connectivity index (χ1n) is 10.9. The average Bonchev–Trinajstić information content (AvgIpc) is 2.74. The summed E-state index contributed by atoms with van der Waals surface area (Å²) in [6, 6.07) is 15.2. The van der Waals surface area contributed by atoms with Gasteiger partial charge in [0.05, 0.1) is 11.9 Å². The fourth-order valence-corrected chi connectivity index (χ4v) is 4.56. The molecule has 2 rings (SSSR count). The van der Waals surface area contributed by atoms with Crippen LogP contribution >= 0.6 is 11.6 Å². The molecular weight excluding hydrogens is 462 g/mol. The number of hydrogen-bond acceptors (Lipinski definition) is 4. The zero-order valence-electron chi connectivity index (χ0n) is 19.5. The number of nitrogens with one attached hydrogen (secondary N) is 1. The second-order valence-electron chi connectivity index (χ2n) is 8.23. The zero-order valence-corrected chi connectivity index (χ0v) is 21.1. The number of anilines is 1. The van der Waals surface area contributed by atoms with E-state index in [1.807, 2.05) is 32.0 Å². The van der Waals surface area contributed by atoms with Crippen molar-refractivity contribution in [1.29, 1.82) is 0 Å². The number of hydrogen-bond donors (Lipinski definition) is 1. The van der Waals surface area contributed by atoms with E-state index < -0.39 is 16.1 Å². The Kier molecular flexibility index (Phi) is 9.73. The van der Waals surface area contributed by atoms with Crippen LogP contribution in [0.4, 0.5) is 5.69 Å². The first-order chi connectivity index (χ1) is 15.5. The molecule has 0 aromatic heterocycles. The molecule has 0 heterocycles. The Bertz CT molecular complexity index is 1040. The van der Waals surface area contributed by atoms with Crippen LogP contribution in [0.2, 0.25) is 5.02 Å². The van der Waals surface area contributed by atoms with E-state index >= 15 is 0 Å². The lowest BCUT2D eigenvalue weighted by molar-refractivity contribution is -0.140. The van der Waals surface area contributed by atoms with E-state index in [1.165, 1.54) is 9.21 Å². The summed E-state index contributed by atoms with van der Waals surface area (Å²) in [7, 11) is -3.51. The van der Waals surface area contributed by atoms with Crippen LogP contribution in [0, 0.1) is 0 Å². The smallest absolute Gasteiger partial charge is 0.242 e. The second kappa shape index (κ2) is 12.0. The van der Waals surface area contributed by atoms with Gasteiger partial charge in [-0.1, -0.05) is 48.0 Å². The number of amides is 2. The van der Waals surface area contributed by atoms with E-state index in [1.54, 1.807) is 43.3 Å². The van der Waals surface area contributed by atoms with Gasteiger partial charge in [-0.05, 0) is 51.0 Å². The van der Waals surface area contributed by atoms with E-state index in [4.69, 9.17) is 11.6 Å². The van der Waals surface area contributed by atoms with Crippen LogP contribution in [0.25, 0.3) is 0 Å². The summed E-state index contributed by atoms with van der Waals surface area (Å²) in [6.07, 6.45) is 1.53. The normalized spacial score (nSPS) is 12.3. The molecule has 0 unspecified atom stereocenters. The third kappa shape index (κ3) is 8.05. The maximum Gasteiger partial charge on any atom is 0.242 e. The Hall–Kier alpha value is -2.58. The molecule has 33 heavy (non-hydrogen) atoms. The lowest BCUT2D eigenvalue weighted by Crippen LogP contribution is -2.49. The minimum Gasteiger partial charge on any atom is -0.352 e. The number of carbonyl (C=O) groups is 2. The van der Waals surface area contributed by atoms with Crippen molar-refractivity contribution in [2.45, 2.75) is 52.2 Å². The van der Waals surface area contributed by atoms with Gasteiger partial charge in [0, 0.05) is 30.6 Å². The third-order valence-corrected chi connectivity index (χ3v) is 6.66. The predicted octanol–water partition coefficient (Wildman–Crippen LogP) is 3.83. The molecule has 2 amide bonds. The molecule has 0 radical (unpaired) electrons. The molecule has 9 heteroatoms. The quantitative estimate of drug-likeness (QED) is 0.515. The van der Waals surface area contributed by atoms with E-state index in [9.17, 15) is 18.0 Å². The highest BCUT2D eigenvalue weighted by atomic mass is 35.5. The van der Waals surface area contributed by atoms with Crippen molar-refractivity contribution in [3.8, 4) is 0 Å². The molecule has 0 aliphatic rings. The van der Waals surface area contributed by atoms with Crippen LogP contribution in [0.15, 0.2) is 54.6 Å². The maximum atomic E-state index is 13.2. The zero-order chi connectivity index (χ0) is 24.6. The Morgan fingerprint density at radius 1 is 1.00 bits per heavy atom. The van der Waals surface area contributed by atoms with Gasteiger partial charge >= 0.3 is 0 Å². The Morgan fingerprint density at radius 2 is 1.61 bits per heavy atom. The average molecular weight is 494 g/mol. The minimum absolute atomic E-state index is 0.0635. The fraction of sp³-hybridized carbons (Fsp3) is 0.417. The molecule has 1 atom stereocenters. The molecule has 7 nitrogen and oxygen atoms in total. The molecular formula is C24H32ClN3O4S. The Morgan fingerprint density at radius 3 is 2.18 bits per heavy atom. The number of sulfonamides is 1. The van der Waals surface area contributed by atoms with Crippen molar-refractivity contribution in [1.82, 2.24) is 10.2 Å². The molecule has 0 aliphatic heterocycles. The summed E-state index contributed by atoms with van der Waals surface area (Å²) >= 11 is 6.29. The maximum absolute atomic E-state index is 13.2. The van der Waals surface area contributed by atoms with E-state index in [0.717, 1.165) is 11.8 Å². The SMILES string of the molecule is CC(C)NC(=O)[C@@H](C)N(Cc1ccccc1Cl)C(=O)CCCN(c1ccccc1)S(C)(=O)=O. The van der Waals surface area contributed by atoms with Crippen LogP contribution in [0.3, 0.4) is 0 Å². The third-order valence-electron chi connectivity index (χ3n) is 5.09. The highest BCUT2D eigenvalue weighted by Crippen LogP contribution is 2.21. The molecule has 0 saturated heterocycles. The molecule has 0 fully saturated rings. The lowest BCUT2D eigenvalue weighted by Gasteiger charge is -2.30. The van der Waals surface area contributed by atoms with E-state index in [-0.39, 0.29) is 37.4 Å². The summed E-state index contributed by atoms with van der Waals surface area (Å²) in [4.78, 5) is 27.3. The summed E-state index contributed by atoms with van der Waals surface area (Å²) < 4.78 is 25.9. The fourth-order valence-electron chi connectivity index (χ4n) is 3.40. The Labute approximate surface area is 201 Å². The summed E-state index contributed by atoms with van der Waals surface area (Å²) in [5.41, 5.74) is 1.28. The van der Waals surface area contributed by atoms with Gasteiger partial charge in [-0.25, -0.2) is 8.42 Å². The molecule has 0 bridgehead atoms. The number of para-hydroxylation sites is 1. The topological polar surface area (TPSA) is 86.8 Å². The number of nitrogens with zero attached hydrogens (tertiary/aromatic N) is 2. The van der Waals surface area contributed by atoms with Crippen LogP contribution in [0.5, 0.6) is 0 Å². The van der Waals surface area contributed by atoms with Gasteiger partial charge < -0.3 is 10.2 Å². The molecule has 0 saturated carbocycles. The van der Waals surface area contributed by atoms with Crippen molar-refractivity contribution in [2.75, 3.05) is 17.1 Å². The van der Waals surface area contributed by atoms with Crippen molar-refractivity contribution in [3.63, 3.8) is 0 Å². The predicted molar refractivity (Wildman–Crippen MR) is 133 cm³/mol. The van der Waals surface area contributed by atoms with Gasteiger partial charge in [-0.15, -0.1) is 0 Å². The van der Waals surface area contributed by atoms with Crippen LogP contribution in [0.1, 0.15) is 39.2 Å². The number of benzene rings is 2. The first-order valence-corrected chi connectivity index (χ1v) is 13.1. The second-order valence-corrected chi connectivity index (χ2v) is 10.5. The number of halogens is 1. The molecule has 0 spiro atoms. The minimum atomic E-state index is -3.51. The summed E-state index contributed by atoms with van der Waals surface area (Å²) in [6.45, 7) is 5.72. The van der Waals surface area contributed by atoms with Crippen molar-refractivity contribution in [3.05, 3.63) is 65.2 Å². The Balaban J connectivity index is 2.16. The molecule has 2 aromatic carbocycles. The van der Waals surface area contributed by atoms with Gasteiger partial charge in [0.1, 0.15) is 6.04 Å². The highest BCUT2D eigenvalue weighted by Gasteiger charge is 2.27. The van der Waals surface area contributed by atoms with Gasteiger partial charge in [0.15, 0.2) is 0 Å². The van der Waals surface area contributed by atoms with Crippen molar-refractivity contribution < 1.29 is 18.0 Å². The van der Waals surface area contributed by atoms with Crippen molar-refractivity contribution >= 4 is 39.1 Å². The van der Waals surface area contributed by atoms with Gasteiger partial charge in [-0.3, -0.25) is 13.9 Å². The first kappa shape index (κ1) is 26.7.